The molecule has 1 saturated carbocycles. The van der Waals surface area contributed by atoms with E-state index in [1.54, 1.807) is 19.0 Å². The lowest BCUT2D eigenvalue weighted by Gasteiger charge is -2.35. The molecule has 128 valence electrons. The Morgan fingerprint density at radius 3 is 2.62 bits per heavy atom. The molecule has 1 aliphatic rings. The predicted octanol–water partition coefficient (Wildman–Crippen LogP) is 0.422. The molecule has 3 rings (SSSR count). The number of alkyl halides is 2. The van der Waals surface area contributed by atoms with E-state index in [1.165, 1.54) is 16.8 Å². The molecule has 8 nitrogen and oxygen atoms in total. The fourth-order valence-electron chi connectivity index (χ4n) is 2.66. The minimum absolute atomic E-state index is 0.0878. The van der Waals surface area contributed by atoms with Gasteiger partial charge < -0.3 is 16.0 Å². The van der Waals surface area contributed by atoms with Crippen molar-refractivity contribution in [2.45, 2.75) is 24.8 Å². The lowest BCUT2D eigenvalue weighted by atomic mass is 9.88. The Morgan fingerprint density at radius 2 is 2.08 bits per heavy atom. The number of amides is 2. The van der Waals surface area contributed by atoms with Crippen molar-refractivity contribution in [1.29, 1.82) is 0 Å². The van der Waals surface area contributed by atoms with E-state index < -0.39 is 23.8 Å². The SMILES string of the molecule is CN(C)c1nn2c(C(=O)NC3CC(F)(F)C3)ccnc2c1C(N)=O. The average molecular weight is 338 g/mol. The molecule has 1 aliphatic carbocycles. The van der Waals surface area contributed by atoms with Gasteiger partial charge in [0, 0.05) is 39.2 Å². The summed E-state index contributed by atoms with van der Waals surface area (Å²) in [5, 5.41) is 6.73. The molecule has 0 unspecified atom stereocenters. The maximum atomic E-state index is 12.9. The van der Waals surface area contributed by atoms with Gasteiger partial charge in [-0.3, -0.25) is 9.59 Å². The van der Waals surface area contributed by atoms with E-state index in [0.717, 1.165) is 0 Å². The zero-order chi connectivity index (χ0) is 17.6. The van der Waals surface area contributed by atoms with Crippen molar-refractivity contribution in [3.8, 4) is 0 Å². The molecule has 10 heteroatoms. The Hall–Kier alpha value is -2.78. The summed E-state index contributed by atoms with van der Waals surface area (Å²) in [6.07, 6.45) is 0.566. The van der Waals surface area contributed by atoms with Crippen LogP contribution in [0.2, 0.25) is 0 Å². The van der Waals surface area contributed by atoms with Gasteiger partial charge in [0.2, 0.25) is 0 Å². The Bertz CT molecular complexity index is 824. The largest absolute Gasteiger partial charge is 0.365 e. The highest BCUT2D eigenvalue weighted by molar-refractivity contribution is 6.04. The second-order valence-corrected chi connectivity index (χ2v) is 5.96. The van der Waals surface area contributed by atoms with Crippen LogP contribution in [0.25, 0.3) is 5.65 Å². The molecule has 2 aromatic rings. The van der Waals surface area contributed by atoms with E-state index >= 15 is 0 Å². The number of carbonyl (C=O) groups is 2. The number of aromatic nitrogens is 3. The van der Waals surface area contributed by atoms with Gasteiger partial charge in [0.25, 0.3) is 17.7 Å². The first kappa shape index (κ1) is 16.1. The van der Waals surface area contributed by atoms with E-state index in [-0.39, 0.29) is 35.6 Å². The highest BCUT2D eigenvalue weighted by Crippen LogP contribution is 2.37. The zero-order valence-electron chi connectivity index (χ0n) is 13.1. The summed E-state index contributed by atoms with van der Waals surface area (Å²) in [7, 11) is 3.34. The van der Waals surface area contributed by atoms with Gasteiger partial charge in [-0.05, 0) is 6.07 Å². The molecule has 24 heavy (non-hydrogen) atoms. The van der Waals surface area contributed by atoms with Crippen LogP contribution in [0, 0.1) is 0 Å². The molecular weight excluding hydrogens is 322 g/mol. The van der Waals surface area contributed by atoms with E-state index in [1.807, 2.05) is 0 Å². The van der Waals surface area contributed by atoms with Gasteiger partial charge in [0.05, 0.1) is 0 Å². The number of fused-ring (bicyclic) bond motifs is 1. The maximum absolute atomic E-state index is 12.9. The van der Waals surface area contributed by atoms with Crippen LogP contribution >= 0.6 is 0 Å². The first-order chi connectivity index (χ1) is 11.2. The summed E-state index contributed by atoms with van der Waals surface area (Å²) in [5.74, 6) is -3.75. The van der Waals surface area contributed by atoms with Gasteiger partial charge in [0.15, 0.2) is 11.5 Å². The fraction of sp³-hybridized carbons (Fsp3) is 0.429. The molecule has 0 aromatic carbocycles. The molecule has 2 amide bonds. The molecule has 0 saturated heterocycles. The molecule has 1 fully saturated rings. The number of anilines is 1. The number of hydrogen-bond donors (Lipinski definition) is 2. The Labute approximate surface area is 135 Å². The number of nitrogens with zero attached hydrogens (tertiary/aromatic N) is 4. The van der Waals surface area contributed by atoms with Gasteiger partial charge in [-0.2, -0.15) is 0 Å². The van der Waals surface area contributed by atoms with Gasteiger partial charge in [0.1, 0.15) is 11.3 Å². The number of carbonyl (C=O) groups excluding carboxylic acids is 2. The van der Waals surface area contributed by atoms with Crippen molar-refractivity contribution in [3.05, 3.63) is 23.5 Å². The lowest BCUT2D eigenvalue weighted by molar-refractivity contribution is -0.0901. The smallest absolute Gasteiger partial charge is 0.270 e. The second kappa shape index (κ2) is 5.39. The van der Waals surface area contributed by atoms with Crippen molar-refractivity contribution in [1.82, 2.24) is 19.9 Å². The normalized spacial score (nSPS) is 16.7. The van der Waals surface area contributed by atoms with Gasteiger partial charge >= 0.3 is 0 Å². The number of primary amides is 1. The third kappa shape index (κ3) is 2.63. The summed E-state index contributed by atoms with van der Waals surface area (Å²) >= 11 is 0. The molecule has 3 N–H and O–H groups in total. The van der Waals surface area contributed by atoms with Crippen molar-refractivity contribution in [2.75, 3.05) is 19.0 Å². The summed E-state index contributed by atoms with van der Waals surface area (Å²) in [6, 6.07) is 0.811. The van der Waals surface area contributed by atoms with Crippen molar-refractivity contribution >= 4 is 23.3 Å². The summed E-state index contributed by atoms with van der Waals surface area (Å²) < 4.78 is 27.0. The molecule has 0 radical (unpaired) electrons. The number of hydrogen-bond acceptors (Lipinski definition) is 5. The van der Waals surface area contributed by atoms with Crippen LogP contribution in [-0.4, -0.2) is 52.5 Å². The molecule has 0 aliphatic heterocycles. The van der Waals surface area contributed by atoms with Crippen molar-refractivity contribution in [2.24, 2.45) is 5.73 Å². The molecule has 2 aromatic heterocycles. The quantitative estimate of drug-likeness (QED) is 0.840. The highest BCUT2D eigenvalue weighted by atomic mass is 19.3. The predicted molar refractivity (Wildman–Crippen MR) is 81.3 cm³/mol. The third-order valence-corrected chi connectivity index (χ3v) is 3.83. The van der Waals surface area contributed by atoms with Gasteiger partial charge in [-0.15, -0.1) is 5.10 Å². The highest BCUT2D eigenvalue weighted by Gasteiger charge is 2.46. The van der Waals surface area contributed by atoms with Crippen molar-refractivity contribution < 1.29 is 18.4 Å². The monoisotopic (exact) mass is 338 g/mol. The zero-order valence-corrected chi connectivity index (χ0v) is 13.1. The van der Waals surface area contributed by atoms with E-state index in [4.69, 9.17) is 5.73 Å². The minimum Gasteiger partial charge on any atom is -0.365 e. The Balaban J connectivity index is 1.98. The van der Waals surface area contributed by atoms with Crippen LogP contribution in [0.1, 0.15) is 33.7 Å². The Morgan fingerprint density at radius 1 is 1.42 bits per heavy atom. The third-order valence-electron chi connectivity index (χ3n) is 3.83. The second-order valence-electron chi connectivity index (χ2n) is 5.96. The van der Waals surface area contributed by atoms with Crippen LogP contribution in [0.15, 0.2) is 12.3 Å². The van der Waals surface area contributed by atoms with Crippen LogP contribution in [0.4, 0.5) is 14.6 Å². The van der Waals surface area contributed by atoms with E-state index in [9.17, 15) is 18.4 Å². The molecular formula is C14H16F2N6O2. The van der Waals surface area contributed by atoms with E-state index in [2.05, 4.69) is 15.4 Å². The first-order valence-electron chi connectivity index (χ1n) is 7.23. The Kier molecular flexibility index (Phi) is 3.61. The lowest BCUT2D eigenvalue weighted by Crippen LogP contribution is -2.50. The molecule has 0 bridgehead atoms. The van der Waals surface area contributed by atoms with Crippen molar-refractivity contribution in [3.63, 3.8) is 0 Å². The number of nitrogens with two attached hydrogens (primary N) is 1. The van der Waals surface area contributed by atoms with E-state index in [0.29, 0.717) is 0 Å². The first-order valence-corrected chi connectivity index (χ1v) is 7.23. The number of halogens is 2. The average Bonchev–Trinajstić information content (AvgIpc) is 2.84. The van der Waals surface area contributed by atoms with Crippen LogP contribution in [0.5, 0.6) is 0 Å². The molecule has 2 heterocycles. The van der Waals surface area contributed by atoms with Crippen LogP contribution in [0.3, 0.4) is 0 Å². The minimum atomic E-state index is -2.73. The topological polar surface area (TPSA) is 106 Å². The standard InChI is InChI=1S/C14H16F2N6O2/c1-21(2)12-9(10(17)23)11-18-4-3-8(22(11)20-12)13(24)19-7-5-14(15,16)6-7/h3-4,7H,5-6H2,1-2H3,(H2,17,23)(H,19,24). The van der Waals surface area contributed by atoms with Gasteiger partial charge in [-0.1, -0.05) is 0 Å². The molecule has 0 atom stereocenters. The number of rotatable bonds is 4. The number of nitrogens with one attached hydrogen (secondary N) is 1. The summed E-state index contributed by atoms with van der Waals surface area (Å²) in [4.78, 5) is 29.7. The summed E-state index contributed by atoms with van der Waals surface area (Å²) in [5.41, 5.74) is 5.70. The van der Waals surface area contributed by atoms with Crippen LogP contribution < -0.4 is 16.0 Å². The fourth-order valence-corrected chi connectivity index (χ4v) is 2.66. The van der Waals surface area contributed by atoms with Gasteiger partial charge in [-0.25, -0.2) is 18.3 Å². The summed E-state index contributed by atoms with van der Waals surface area (Å²) in [6.45, 7) is 0. The van der Waals surface area contributed by atoms with Crippen LogP contribution in [-0.2, 0) is 0 Å². The maximum Gasteiger partial charge on any atom is 0.270 e. The molecule has 0 spiro atoms.